The van der Waals surface area contributed by atoms with Gasteiger partial charge in [0.2, 0.25) is 0 Å². The number of hydrogen-bond acceptors (Lipinski definition) is 5. The summed E-state index contributed by atoms with van der Waals surface area (Å²) in [7, 11) is 1.48. The Morgan fingerprint density at radius 3 is 2.48 bits per heavy atom. The normalized spacial score (nSPS) is 9.95. The Morgan fingerprint density at radius 2 is 1.81 bits per heavy atom. The molecule has 0 aliphatic heterocycles. The fourth-order valence-electron chi connectivity index (χ4n) is 1.70. The van der Waals surface area contributed by atoms with Gasteiger partial charge in [-0.1, -0.05) is 18.2 Å². The van der Waals surface area contributed by atoms with Crippen molar-refractivity contribution in [3.8, 4) is 17.2 Å². The van der Waals surface area contributed by atoms with Crippen LogP contribution >= 0.6 is 0 Å². The molecule has 0 spiro atoms. The summed E-state index contributed by atoms with van der Waals surface area (Å²) in [5.41, 5.74) is 0.0931. The topological polar surface area (TPSA) is 65.0 Å². The number of aromatic hydroxyl groups is 1. The largest absolute Gasteiger partial charge is 0.507 e. The molecule has 0 atom stereocenters. The number of methoxy groups -OCH3 is 1. The van der Waals surface area contributed by atoms with E-state index in [9.17, 15) is 9.90 Å². The summed E-state index contributed by atoms with van der Waals surface area (Å²) in [4.78, 5) is 11.8. The van der Waals surface area contributed by atoms with Crippen LogP contribution in [-0.2, 0) is 4.74 Å². The molecule has 0 aromatic heterocycles. The fraction of sp³-hybridized carbons (Fsp3) is 0.188. The second-order valence-electron chi connectivity index (χ2n) is 4.18. The van der Waals surface area contributed by atoms with E-state index < -0.39 is 5.97 Å². The molecule has 21 heavy (non-hydrogen) atoms. The first kappa shape index (κ1) is 14.7. The molecule has 110 valence electrons. The summed E-state index contributed by atoms with van der Waals surface area (Å²) in [6.07, 6.45) is 0. The van der Waals surface area contributed by atoms with Crippen LogP contribution in [0.2, 0.25) is 0 Å². The van der Waals surface area contributed by atoms with Crippen molar-refractivity contribution >= 4 is 5.97 Å². The molecule has 0 bridgehead atoms. The van der Waals surface area contributed by atoms with E-state index >= 15 is 0 Å². The van der Waals surface area contributed by atoms with Gasteiger partial charge in [0.05, 0.1) is 7.11 Å². The van der Waals surface area contributed by atoms with Crippen LogP contribution in [0.1, 0.15) is 10.4 Å². The first-order valence-electron chi connectivity index (χ1n) is 6.42. The minimum Gasteiger partial charge on any atom is -0.507 e. The SMILES string of the molecule is COc1ccc(C(=O)OCCOc2ccccc2)c(O)c1. The minimum atomic E-state index is -0.605. The average Bonchev–Trinajstić information content (AvgIpc) is 2.52. The maximum absolute atomic E-state index is 11.8. The highest BCUT2D eigenvalue weighted by Crippen LogP contribution is 2.23. The maximum atomic E-state index is 11.8. The second kappa shape index (κ2) is 7.19. The van der Waals surface area contributed by atoms with Crippen LogP contribution in [0.15, 0.2) is 48.5 Å². The molecule has 5 nitrogen and oxygen atoms in total. The lowest BCUT2D eigenvalue weighted by Gasteiger charge is -2.09. The Labute approximate surface area is 122 Å². The Balaban J connectivity index is 1.82. The predicted octanol–water partition coefficient (Wildman–Crippen LogP) is 2.64. The van der Waals surface area contributed by atoms with Crippen LogP contribution in [0, 0.1) is 0 Å². The number of ether oxygens (including phenoxy) is 3. The molecule has 0 heterocycles. The van der Waals surface area contributed by atoms with Gasteiger partial charge in [0.15, 0.2) is 0 Å². The van der Waals surface area contributed by atoms with Crippen molar-refractivity contribution in [3.05, 3.63) is 54.1 Å². The Bertz CT molecular complexity index is 595. The molecule has 2 rings (SSSR count). The van der Waals surface area contributed by atoms with Gasteiger partial charge in [0.1, 0.15) is 36.0 Å². The van der Waals surface area contributed by atoms with Crippen LogP contribution in [0.4, 0.5) is 0 Å². The highest BCUT2D eigenvalue weighted by atomic mass is 16.6. The van der Waals surface area contributed by atoms with Gasteiger partial charge in [-0.15, -0.1) is 0 Å². The zero-order valence-corrected chi connectivity index (χ0v) is 11.6. The predicted molar refractivity (Wildman–Crippen MR) is 76.9 cm³/mol. The van der Waals surface area contributed by atoms with E-state index in [0.717, 1.165) is 0 Å². The third kappa shape index (κ3) is 4.14. The van der Waals surface area contributed by atoms with Gasteiger partial charge < -0.3 is 19.3 Å². The molecule has 0 aliphatic rings. The van der Waals surface area contributed by atoms with E-state index in [2.05, 4.69) is 0 Å². The van der Waals surface area contributed by atoms with Crippen LogP contribution in [0.25, 0.3) is 0 Å². The smallest absolute Gasteiger partial charge is 0.342 e. The van der Waals surface area contributed by atoms with E-state index in [4.69, 9.17) is 14.2 Å². The summed E-state index contributed by atoms with van der Waals surface area (Å²) in [6.45, 7) is 0.339. The zero-order chi connectivity index (χ0) is 15.1. The Hall–Kier alpha value is -2.69. The van der Waals surface area contributed by atoms with Gasteiger partial charge in [0, 0.05) is 6.07 Å². The third-order valence-corrected chi connectivity index (χ3v) is 2.75. The molecule has 0 fully saturated rings. The molecule has 0 aliphatic carbocycles. The summed E-state index contributed by atoms with van der Waals surface area (Å²) < 4.78 is 15.4. The number of rotatable bonds is 6. The Kier molecular flexibility index (Phi) is 5.04. The second-order valence-corrected chi connectivity index (χ2v) is 4.18. The van der Waals surface area contributed by atoms with Gasteiger partial charge in [-0.25, -0.2) is 4.79 Å². The van der Waals surface area contributed by atoms with Crippen molar-refractivity contribution < 1.29 is 24.1 Å². The lowest BCUT2D eigenvalue weighted by molar-refractivity contribution is 0.0447. The van der Waals surface area contributed by atoms with Crippen molar-refractivity contribution in [1.29, 1.82) is 0 Å². The Morgan fingerprint density at radius 1 is 1.05 bits per heavy atom. The molecule has 0 radical (unpaired) electrons. The standard InChI is InChI=1S/C16H16O5/c1-19-13-7-8-14(15(17)11-13)16(18)21-10-9-20-12-5-3-2-4-6-12/h2-8,11,17H,9-10H2,1H3. The van der Waals surface area contributed by atoms with Gasteiger partial charge in [0.25, 0.3) is 0 Å². The van der Waals surface area contributed by atoms with Crippen LogP contribution in [0.3, 0.4) is 0 Å². The van der Waals surface area contributed by atoms with Gasteiger partial charge >= 0.3 is 5.97 Å². The van der Waals surface area contributed by atoms with E-state index in [0.29, 0.717) is 11.5 Å². The number of phenolic OH excluding ortho intramolecular Hbond substituents is 1. The van der Waals surface area contributed by atoms with Crippen molar-refractivity contribution in [2.75, 3.05) is 20.3 Å². The molecule has 2 aromatic carbocycles. The summed E-state index contributed by atoms with van der Waals surface area (Å²) in [5, 5.41) is 9.72. The molecular weight excluding hydrogens is 272 g/mol. The number of carbonyl (C=O) groups is 1. The van der Waals surface area contributed by atoms with E-state index in [-0.39, 0.29) is 24.5 Å². The summed E-state index contributed by atoms with van der Waals surface area (Å²) >= 11 is 0. The maximum Gasteiger partial charge on any atom is 0.342 e. The van der Waals surface area contributed by atoms with Crippen LogP contribution < -0.4 is 9.47 Å². The van der Waals surface area contributed by atoms with Gasteiger partial charge in [-0.3, -0.25) is 0 Å². The summed E-state index contributed by atoms with van der Waals surface area (Å²) in [6, 6.07) is 13.6. The molecular formula is C16H16O5. The summed E-state index contributed by atoms with van der Waals surface area (Å²) in [5.74, 6) is 0.396. The quantitative estimate of drug-likeness (QED) is 0.654. The lowest BCUT2D eigenvalue weighted by Crippen LogP contribution is -2.12. The van der Waals surface area contributed by atoms with Crippen molar-refractivity contribution in [2.24, 2.45) is 0 Å². The first-order valence-corrected chi connectivity index (χ1v) is 6.42. The lowest BCUT2D eigenvalue weighted by atomic mass is 10.2. The highest BCUT2D eigenvalue weighted by molar-refractivity contribution is 5.92. The van der Waals surface area contributed by atoms with Crippen molar-refractivity contribution in [1.82, 2.24) is 0 Å². The van der Waals surface area contributed by atoms with Crippen molar-refractivity contribution in [3.63, 3.8) is 0 Å². The fourth-order valence-corrected chi connectivity index (χ4v) is 1.70. The van der Waals surface area contributed by atoms with Gasteiger partial charge in [-0.2, -0.15) is 0 Å². The minimum absolute atomic E-state index is 0.0931. The number of phenols is 1. The number of para-hydroxylation sites is 1. The van der Waals surface area contributed by atoms with E-state index in [1.54, 1.807) is 6.07 Å². The third-order valence-electron chi connectivity index (χ3n) is 2.75. The molecule has 2 aromatic rings. The molecule has 0 saturated carbocycles. The number of hydrogen-bond donors (Lipinski definition) is 1. The first-order chi connectivity index (χ1) is 10.2. The van der Waals surface area contributed by atoms with E-state index in [1.165, 1.54) is 19.2 Å². The number of benzene rings is 2. The monoisotopic (exact) mass is 288 g/mol. The van der Waals surface area contributed by atoms with E-state index in [1.807, 2.05) is 30.3 Å². The molecule has 5 heteroatoms. The molecule has 0 unspecified atom stereocenters. The van der Waals surface area contributed by atoms with Crippen LogP contribution in [0.5, 0.6) is 17.2 Å². The zero-order valence-electron chi connectivity index (χ0n) is 11.6. The van der Waals surface area contributed by atoms with Crippen LogP contribution in [-0.4, -0.2) is 31.4 Å². The highest BCUT2D eigenvalue weighted by Gasteiger charge is 2.13. The average molecular weight is 288 g/mol. The number of carbonyl (C=O) groups excluding carboxylic acids is 1. The van der Waals surface area contributed by atoms with Gasteiger partial charge in [-0.05, 0) is 24.3 Å². The number of esters is 1. The molecule has 0 amide bonds. The van der Waals surface area contributed by atoms with Crippen molar-refractivity contribution in [2.45, 2.75) is 0 Å². The molecule has 1 N–H and O–H groups in total. The molecule has 0 saturated heterocycles.